The smallest absolute Gasteiger partial charge is 0.328 e. The number of nitrogens with zero attached hydrogens (tertiary/aromatic N) is 1. The van der Waals surface area contributed by atoms with Crippen molar-refractivity contribution in [1.82, 2.24) is 5.32 Å². The fourth-order valence-electron chi connectivity index (χ4n) is 2.99. The van der Waals surface area contributed by atoms with Gasteiger partial charge in [-0.2, -0.15) is 0 Å². The normalized spacial score (nSPS) is 19.2. The van der Waals surface area contributed by atoms with Gasteiger partial charge in [0.1, 0.15) is 11.9 Å². The molecule has 1 aliphatic rings. The zero-order chi connectivity index (χ0) is 21.9. The van der Waals surface area contributed by atoms with Crippen molar-refractivity contribution >= 4 is 35.0 Å². The molecule has 0 saturated carbocycles. The number of nitrogens with one attached hydrogen (secondary N) is 1. The van der Waals surface area contributed by atoms with Gasteiger partial charge in [0.15, 0.2) is 5.78 Å². The highest BCUT2D eigenvalue weighted by Crippen LogP contribution is 2.33. The van der Waals surface area contributed by atoms with Crippen LogP contribution in [0.3, 0.4) is 0 Å². The molecule has 7 nitrogen and oxygen atoms in total. The summed E-state index contributed by atoms with van der Waals surface area (Å²) >= 11 is 5.90. The number of halogens is 2. The standard InChI is InChI=1S/C21H16ClFN2O5/c22-14-6-4-12(5-7-14)16-8-9-18(27)21(25-16,13-2-1-3-15(23)10-13)20(30)24-17(11-26)19(28)29/h1-10,17,26H,11H2,(H,24,30)(H,28,29). The van der Waals surface area contributed by atoms with Crippen LogP contribution in [0.15, 0.2) is 65.7 Å². The van der Waals surface area contributed by atoms with E-state index in [1.54, 1.807) is 24.3 Å². The quantitative estimate of drug-likeness (QED) is 0.605. The monoisotopic (exact) mass is 430 g/mol. The van der Waals surface area contributed by atoms with E-state index in [0.717, 1.165) is 18.2 Å². The third-order valence-corrected chi connectivity index (χ3v) is 4.79. The lowest BCUT2D eigenvalue weighted by Gasteiger charge is -2.30. The zero-order valence-electron chi connectivity index (χ0n) is 15.4. The summed E-state index contributed by atoms with van der Waals surface area (Å²) in [5, 5.41) is 21.0. The van der Waals surface area contributed by atoms with Crippen LogP contribution in [0.1, 0.15) is 11.1 Å². The fourth-order valence-corrected chi connectivity index (χ4v) is 3.12. The number of aliphatic imine (C=N–C) groups is 1. The van der Waals surface area contributed by atoms with Crippen molar-refractivity contribution < 1.29 is 29.0 Å². The van der Waals surface area contributed by atoms with Crippen LogP contribution >= 0.6 is 11.6 Å². The van der Waals surface area contributed by atoms with Crippen LogP contribution in [-0.2, 0) is 19.9 Å². The number of ketones is 1. The van der Waals surface area contributed by atoms with E-state index in [4.69, 9.17) is 16.7 Å². The number of hydrogen-bond donors (Lipinski definition) is 3. The van der Waals surface area contributed by atoms with Crippen LogP contribution in [0.4, 0.5) is 4.39 Å². The van der Waals surface area contributed by atoms with E-state index in [1.165, 1.54) is 18.2 Å². The van der Waals surface area contributed by atoms with E-state index in [1.807, 2.05) is 0 Å². The number of hydrogen-bond acceptors (Lipinski definition) is 5. The summed E-state index contributed by atoms with van der Waals surface area (Å²) in [5.74, 6) is -4.09. The maximum absolute atomic E-state index is 13.9. The van der Waals surface area contributed by atoms with E-state index in [0.29, 0.717) is 10.6 Å². The van der Waals surface area contributed by atoms with E-state index >= 15 is 0 Å². The number of dihydropyridines is 1. The van der Waals surface area contributed by atoms with Gasteiger partial charge >= 0.3 is 5.97 Å². The third-order valence-electron chi connectivity index (χ3n) is 4.53. The molecule has 2 aromatic carbocycles. The van der Waals surface area contributed by atoms with E-state index < -0.39 is 41.7 Å². The number of carbonyl (C=O) groups excluding carboxylic acids is 2. The summed E-state index contributed by atoms with van der Waals surface area (Å²) in [7, 11) is 0. The molecule has 154 valence electrons. The maximum Gasteiger partial charge on any atom is 0.328 e. The van der Waals surface area contributed by atoms with Gasteiger partial charge in [-0.1, -0.05) is 35.9 Å². The van der Waals surface area contributed by atoms with Crippen LogP contribution < -0.4 is 5.32 Å². The summed E-state index contributed by atoms with van der Waals surface area (Å²) in [5.41, 5.74) is -1.58. The van der Waals surface area contributed by atoms with Crippen LogP contribution in [0.25, 0.3) is 0 Å². The molecule has 3 rings (SSSR count). The van der Waals surface area contributed by atoms with Crippen molar-refractivity contribution in [3.63, 3.8) is 0 Å². The molecule has 3 N–H and O–H groups in total. The molecule has 9 heteroatoms. The first-order chi connectivity index (χ1) is 14.3. The second-order valence-electron chi connectivity index (χ2n) is 6.47. The Labute approximate surface area is 175 Å². The number of carboxylic acid groups (broad SMARTS) is 1. The van der Waals surface area contributed by atoms with Gasteiger partial charge in [-0.15, -0.1) is 0 Å². The molecule has 0 aromatic heterocycles. The molecule has 2 unspecified atom stereocenters. The van der Waals surface area contributed by atoms with Crippen molar-refractivity contribution in [2.24, 2.45) is 4.99 Å². The molecule has 30 heavy (non-hydrogen) atoms. The van der Waals surface area contributed by atoms with E-state index in [-0.39, 0.29) is 11.3 Å². The lowest BCUT2D eigenvalue weighted by molar-refractivity contribution is -0.145. The summed E-state index contributed by atoms with van der Waals surface area (Å²) in [4.78, 5) is 41.7. The Morgan fingerprint density at radius 2 is 1.87 bits per heavy atom. The van der Waals surface area contributed by atoms with E-state index in [2.05, 4.69) is 10.3 Å². The second-order valence-corrected chi connectivity index (χ2v) is 6.91. The first-order valence-electron chi connectivity index (χ1n) is 8.77. The topological polar surface area (TPSA) is 116 Å². The summed E-state index contributed by atoms with van der Waals surface area (Å²) in [6, 6.07) is 9.55. The molecule has 0 bridgehead atoms. The number of amides is 1. The van der Waals surface area contributed by atoms with E-state index in [9.17, 15) is 23.9 Å². The van der Waals surface area contributed by atoms with Crippen molar-refractivity contribution in [3.8, 4) is 0 Å². The highest BCUT2D eigenvalue weighted by Gasteiger charge is 2.49. The molecule has 0 fully saturated rings. The first kappa shape index (κ1) is 21.4. The minimum Gasteiger partial charge on any atom is -0.480 e. The van der Waals surface area contributed by atoms with Crippen LogP contribution in [0.5, 0.6) is 0 Å². The number of aliphatic carboxylic acids is 1. The van der Waals surface area contributed by atoms with Gasteiger partial charge in [0, 0.05) is 5.02 Å². The van der Waals surface area contributed by atoms with Gasteiger partial charge in [-0.3, -0.25) is 14.6 Å². The molecule has 1 heterocycles. The summed E-state index contributed by atoms with van der Waals surface area (Å²) < 4.78 is 13.9. The highest BCUT2D eigenvalue weighted by molar-refractivity contribution is 6.31. The number of allylic oxidation sites excluding steroid dienone is 1. The lowest BCUT2D eigenvalue weighted by Crippen LogP contribution is -2.55. The molecule has 0 saturated heterocycles. The van der Waals surface area contributed by atoms with Crippen molar-refractivity contribution in [2.75, 3.05) is 6.61 Å². The number of carbonyl (C=O) groups is 3. The van der Waals surface area contributed by atoms with Crippen LogP contribution in [-0.4, -0.2) is 46.2 Å². The second kappa shape index (κ2) is 8.56. The predicted octanol–water partition coefficient (Wildman–Crippen LogP) is 1.86. The Balaban J connectivity index is 2.18. The average Bonchev–Trinajstić information content (AvgIpc) is 2.72. The predicted molar refractivity (Wildman–Crippen MR) is 107 cm³/mol. The third kappa shape index (κ3) is 4.00. The molecule has 2 atom stereocenters. The number of rotatable bonds is 6. The van der Waals surface area contributed by atoms with Gasteiger partial charge in [-0.05, 0) is 47.5 Å². The number of aliphatic hydroxyl groups is 1. The zero-order valence-corrected chi connectivity index (χ0v) is 16.1. The lowest BCUT2D eigenvalue weighted by atomic mass is 9.82. The first-order valence-corrected chi connectivity index (χ1v) is 9.14. The van der Waals surface area contributed by atoms with Gasteiger partial charge in [0.05, 0.1) is 12.3 Å². The largest absolute Gasteiger partial charge is 0.480 e. The van der Waals surface area contributed by atoms with Crippen LogP contribution in [0.2, 0.25) is 5.02 Å². The Hall–Kier alpha value is -3.36. The maximum atomic E-state index is 13.9. The molecular weight excluding hydrogens is 415 g/mol. The Kier molecular flexibility index (Phi) is 6.09. The number of aliphatic hydroxyl groups excluding tert-OH is 1. The van der Waals surface area contributed by atoms with Crippen molar-refractivity contribution in [1.29, 1.82) is 0 Å². The molecule has 0 radical (unpaired) electrons. The molecule has 0 aliphatic carbocycles. The van der Waals surface area contributed by atoms with Crippen molar-refractivity contribution in [2.45, 2.75) is 11.6 Å². The Morgan fingerprint density at radius 1 is 1.17 bits per heavy atom. The van der Waals surface area contributed by atoms with Crippen molar-refractivity contribution in [3.05, 3.63) is 82.6 Å². The highest BCUT2D eigenvalue weighted by atomic mass is 35.5. The molecule has 1 amide bonds. The number of benzene rings is 2. The fraction of sp³-hybridized carbons (Fsp3) is 0.143. The van der Waals surface area contributed by atoms with Gasteiger partial charge < -0.3 is 15.5 Å². The van der Waals surface area contributed by atoms with Gasteiger partial charge in [-0.25, -0.2) is 9.18 Å². The Morgan fingerprint density at radius 3 is 2.47 bits per heavy atom. The van der Waals surface area contributed by atoms with Gasteiger partial charge in [0.2, 0.25) is 5.54 Å². The summed E-state index contributed by atoms with van der Waals surface area (Å²) in [6.07, 6.45) is 2.52. The average molecular weight is 431 g/mol. The van der Waals surface area contributed by atoms with Crippen LogP contribution in [0, 0.1) is 5.82 Å². The minimum absolute atomic E-state index is 0.0807. The molecular formula is C21H16ClFN2O5. The molecule has 1 aliphatic heterocycles. The SMILES string of the molecule is O=C(O)C(CO)NC(=O)C1(c2cccc(F)c2)N=C(c2ccc(Cl)cc2)C=CC1=O. The number of carboxylic acids is 1. The molecule has 0 spiro atoms. The van der Waals surface area contributed by atoms with Gasteiger partial charge in [0.25, 0.3) is 5.91 Å². The molecule has 2 aromatic rings. The summed E-state index contributed by atoms with van der Waals surface area (Å²) in [6.45, 7) is -0.905. The Bertz CT molecular complexity index is 1070. The minimum atomic E-state index is -2.27.